The molecule has 3 rings (SSSR count). The molecule has 3 aromatic rings. The summed E-state index contributed by atoms with van der Waals surface area (Å²) in [5, 5.41) is 11.0. The monoisotopic (exact) mass is 307 g/mol. The molecule has 0 aliphatic heterocycles. The summed E-state index contributed by atoms with van der Waals surface area (Å²) in [5.74, 6) is -0.0235. The lowest BCUT2D eigenvalue weighted by molar-refractivity contribution is 0.0742. The molecule has 0 N–H and O–H groups in total. The first-order valence-corrected chi connectivity index (χ1v) is 7.32. The second-order valence-corrected chi connectivity index (χ2v) is 5.30. The fourth-order valence-electron chi connectivity index (χ4n) is 2.37. The maximum absolute atomic E-state index is 12.6. The van der Waals surface area contributed by atoms with Crippen LogP contribution in [0.2, 0.25) is 0 Å². The van der Waals surface area contributed by atoms with E-state index in [9.17, 15) is 4.79 Å². The normalized spacial score (nSPS) is 11.9. The number of hydrogen-bond acceptors (Lipinski definition) is 4. The van der Waals surface area contributed by atoms with Gasteiger partial charge in [-0.05, 0) is 47.2 Å². The highest BCUT2D eigenvalue weighted by atomic mass is 16.2. The topological polar surface area (TPSA) is 63.9 Å². The number of carbonyl (C=O) groups is 1. The lowest BCUT2D eigenvalue weighted by Gasteiger charge is -2.25. The van der Waals surface area contributed by atoms with Gasteiger partial charge in [-0.1, -0.05) is 30.3 Å². The number of hydrogen-bond donors (Lipinski definition) is 0. The predicted molar refractivity (Wildman–Crippen MR) is 86.1 cm³/mol. The third-order valence-corrected chi connectivity index (χ3v) is 3.91. The van der Waals surface area contributed by atoms with Gasteiger partial charge in [-0.3, -0.25) is 4.79 Å². The number of rotatable bonds is 4. The van der Waals surface area contributed by atoms with Gasteiger partial charge in [-0.2, -0.15) is 0 Å². The minimum absolute atomic E-state index is 0.00268. The van der Waals surface area contributed by atoms with Gasteiger partial charge in [0.1, 0.15) is 6.33 Å². The molecule has 0 spiro atoms. The van der Waals surface area contributed by atoms with E-state index in [1.165, 1.54) is 6.33 Å². The number of carbonyl (C=O) groups excluding carboxylic acids is 1. The van der Waals surface area contributed by atoms with Crippen molar-refractivity contribution in [3.05, 3.63) is 72.1 Å². The molecule has 1 aromatic heterocycles. The van der Waals surface area contributed by atoms with E-state index in [2.05, 4.69) is 15.5 Å². The van der Waals surface area contributed by atoms with E-state index in [1.807, 2.05) is 56.4 Å². The number of benzene rings is 2. The molecule has 6 nitrogen and oxygen atoms in total. The van der Waals surface area contributed by atoms with Crippen LogP contribution in [0.1, 0.15) is 28.9 Å². The van der Waals surface area contributed by atoms with Gasteiger partial charge in [0.25, 0.3) is 5.91 Å². The molecule has 0 saturated heterocycles. The van der Waals surface area contributed by atoms with Crippen molar-refractivity contribution < 1.29 is 4.79 Å². The molecule has 116 valence electrons. The Morgan fingerprint density at radius 3 is 2.39 bits per heavy atom. The Kier molecular flexibility index (Phi) is 4.14. The fourth-order valence-corrected chi connectivity index (χ4v) is 2.37. The molecular weight excluding hydrogens is 290 g/mol. The summed E-state index contributed by atoms with van der Waals surface area (Å²) in [7, 11) is 1.81. The van der Waals surface area contributed by atoms with Crippen LogP contribution in [0.3, 0.4) is 0 Å². The van der Waals surface area contributed by atoms with Crippen molar-refractivity contribution in [2.45, 2.75) is 13.0 Å². The van der Waals surface area contributed by atoms with Gasteiger partial charge in [-0.25, -0.2) is 4.68 Å². The van der Waals surface area contributed by atoms with E-state index in [-0.39, 0.29) is 11.9 Å². The van der Waals surface area contributed by atoms with Gasteiger partial charge in [0.2, 0.25) is 0 Å². The minimum atomic E-state index is -0.0235. The van der Waals surface area contributed by atoms with E-state index in [0.717, 1.165) is 11.3 Å². The molecule has 0 radical (unpaired) electrons. The van der Waals surface area contributed by atoms with E-state index in [1.54, 1.807) is 21.7 Å². The molecule has 0 aliphatic carbocycles. The Bertz CT molecular complexity index is 769. The van der Waals surface area contributed by atoms with Crippen molar-refractivity contribution in [1.82, 2.24) is 25.1 Å². The molecule has 1 atom stereocenters. The third-order valence-electron chi connectivity index (χ3n) is 3.91. The van der Waals surface area contributed by atoms with Gasteiger partial charge in [0.15, 0.2) is 0 Å². The first-order chi connectivity index (χ1) is 11.2. The number of aromatic nitrogens is 4. The van der Waals surface area contributed by atoms with E-state index >= 15 is 0 Å². The quantitative estimate of drug-likeness (QED) is 0.743. The summed E-state index contributed by atoms with van der Waals surface area (Å²) in [5.41, 5.74) is 2.55. The van der Waals surface area contributed by atoms with Crippen LogP contribution in [0.15, 0.2) is 60.9 Å². The van der Waals surface area contributed by atoms with Gasteiger partial charge in [0, 0.05) is 12.6 Å². The molecule has 0 aliphatic rings. The summed E-state index contributed by atoms with van der Waals surface area (Å²) in [4.78, 5) is 14.4. The number of amides is 1. The zero-order valence-corrected chi connectivity index (χ0v) is 13.0. The molecular formula is C17H17N5O. The molecule has 6 heteroatoms. The second-order valence-electron chi connectivity index (χ2n) is 5.30. The minimum Gasteiger partial charge on any atom is -0.335 e. The highest BCUT2D eigenvalue weighted by molar-refractivity contribution is 5.94. The molecule has 1 amide bonds. The summed E-state index contributed by atoms with van der Waals surface area (Å²) in [6.07, 6.45) is 1.51. The lowest BCUT2D eigenvalue weighted by atomic mass is 10.1. The van der Waals surface area contributed by atoms with Crippen LogP contribution < -0.4 is 0 Å². The van der Waals surface area contributed by atoms with Gasteiger partial charge >= 0.3 is 0 Å². The van der Waals surface area contributed by atoms with Crippen molar-refractivity contribution in [2.24, 2.45) is 0 Å². The summed E-state index contributed by atoms with van der Waals surface area (Å²) in [6.45, 7) is 2.02. The Hall–Kier alpha value is -3.02. The van der Waals surface area contributed by atoms with Crippen molar-refractivity contribution in [3.63, 3.8) is 0 Å². The molecule has 0 unspecified atom stereocenters. The van der Waals surface area contributed by atoms with Gasteiger partial charge in [-0.15, -0.1) is 5.10 Å². The first-order valence-electron chi connectivity index (χ1n) is 7.32. The van der Waals surface area contributed by atoms with Crippen molar-refractivity contribution in [2.75, 3.05) is 7.05 Å². The molecule has 0 bridgehead atoms. The zero-order chi connectivity index (χ0) is 16.2. The van der Waals surface area contributed by atoms with Crippen LogP contribution in [0.25, 0.3) is 5.69 Å². The Morgan fingerprint density at radius 1 is 1.09 bits per heavy atom. The smallest absolute Gasteiger partial charge is 0.254 e. The maximum atomic E-state index is 12.6. The molecule has 1 heterocycles. The lowest BCUT2D eigenvalue weighted by Crippen LogP contribution is -2.29. The standard InChI is InChI=1S/C17H17N5O/c1-13(14-6-4-3-5-7-14)21(2)17(23)15-8-10-16(11-9-15)22-12-18-19-20-22/h3-13H,1-2H3/t13-/m0/s1. The third kappa shape index (κ3) is 3.11. The summed E-state index contributed by atoms with van der Waals surface area (Å²) in [6, 6.07) is 17.2. The van der Waals surface area contributed by atoms with Crippen LogP contribution in [-0.2, 0) is 0 Å². The highest BCUT2D eigenvalue weighted by Crippen LogP contribution is 2.20. The fraction of sp³-hybridized carbons (Fsp3) is 0.176. The van der Waals surface area contributed by atoms with Crippen molar-refractivity contribution in [1.29, 1.82) is 0 Å². The Morgan fingerprint density at radius 2 is 1.78 bits per heavy atom. The maximum Gasteiger partial charge on any atom is 0.254 e. The average Bonchev–Trinajstić information content (AvgIpc) is 3.15. The van der Waals surface area contributed by atoms with Crippen LogP contribution in [-0.4, -0.2) is 38.1 Å². The number of tetrazole rings is 1. The van der Waals surface area contributed by atoms with Gasteiger partial charge in [0.05, 0.1) is 11.7 Å². The molecule has 0 saturated carbocycles. The van der Waals surface area contributed by atoms with E-state index in [4.69, 9.17) is 0 Å². The predicted octanol–water partition coefficient (Wildman–Crippen LogP) is 2.50. The zero-order valence-electron chi connectivity index (χ0n) is 13.0. The summed E-state index contributed by atoms with van der Waals surface area (Å²) >= 11 is 0. The van der Waals surface area contributed by atoms with Crippen LogP contribution in [0.4, 0.5) is 0 Å². The number of nitrogens with zero attached hydrogens (tertiary/aromatic N) is 5. The SMILES string of the molecule is C[C@@H](c1ccccc1)N(C)C(=O)c1ccc(-n2cnnn2)cc1. The molecule has 2 aromatic carbocycles. The van der Waals surface area contributed by atoms with Crippen LogP contribution in [0.5, 0.6) is 0 Å². The second kappa shape index (κ2) is 6.39. The highest BCUT2D eigenvalue weighted by Gasteiger charge is 2.18. The van der Waals surface area contributed by atoms with E-state index < -0.39 is 0 Å². The molecule has 0 fully saturated rings. The van der Waals surface area contributed by atoms with Crippen LogP contribution >= 0.6 is 0 Å². The van der Waals surface area contributed by atoms with Crippen LogP contribution in [0, 0.1) is 0 Å². The largest absolute Gasteiger partial charge is 0.335 e. The van der Waals surface area contributed by atoms with Crippen molar-refractivity contribution in [3.8, 4) is 5.69 Å². The Balaban J connectivity index is 1.77. The average molecular weight is 307 g/mol. The summed E-state index contributed by atoms with van der Waals surface area (Å²) < 4.78 is 1.55. The first kappa shape index (κ1) is 14.9. The Labute approximate surface area is 134 Å². The van der Waals surface area contributed by atoms with Crippen molar-refractivity contribution >= 4 is 5.91 Å². The van der Waals surface area contributed by atoms with Gasteiger partial charge < -0.3 is 4.90 Å². The molecule has 23 heavy (non-hydrogen) atoms. The van der Waals surface area contributed by atoms with E-state index in [0.29, 0.717) is 5.56 Å².